The SMILES string of the molecule is COc1cc(C)c(Cl)cc1NC(=O)C1CCNC1. The zero-order chi connectivity index (χ0) is 13.1. The van der Waals surface area contributed by atoms with Crippen LogP contribution in [0.1, 0.15) is 12.0 Å². The Bertz CT molecular complexity index is 457. The molecule has 1 aromatic rings. The van der Waals surface area contributed by atoms with E-state index in [9.17, 15) is 4.79 Å². The standard InChI is InChI=1S/C13H17ClN2O2/c1-8-5-12(18-2)11(6-10(8)14)16-13(17)9-3-4-15-7-9/h5-6,9,15H,3-4,7H2,1-2H3,(H,16,17). The van der Waals surface area contributed by atoms with Crippen LogP contribution in [0.3, 0.4) is 0 Å². The van der Waals surface area contributed by atoms with Crippen LogP contribution in [0.5, 0.6) is 5.75 Å². The van der Waals surface area contributed by atoms with Crippen molar-refractivity contribution in [3.05, 3.63) is 22.7 Å². The summed E-state index contributed by atoms with van der Waals surface area (Å²) in [4.78, 5) is 12.0. The van der Waals surface area contributed by atoms with Gasteiger partial charge in [-0.1, -0.05) is 11.6 Å². The van der Waals surface area contributed by atoms with Gasteiger partial charge in [-0.3, -0.25) is 4.79 Å². The van der Waals surface area contributed by atoms with Crippen molar-refractivity contribution in [3.63, 3.8) is 0 Å². The van der Waals surface area contributed by atoms with E-state index in [0.29, 0.717) is 16.5 Å². The normalized spacial score (nSPS) is 18.7. The van der Waals surface area contributed by atoms with Crippen LogP contribution in [0.2, 0.25) is 5.02 Å². The minimum absolute atomic E-state index is 0.0122. The summed E-state index contributed by atoms with van der Waals surface area (Å²) in [6.45, 7) is 3.52. The van der Waals surface area contributed by atoms with Gasteiger partial charge in [-0.05, 0) is 37.6 Å². The molecule has 98 valence electrons. The first-order valence-electron chi connectivity index (χ1n) is 5.97. The molecule has 0 bridgehead atoms. The van der Waals surface area contributed by atoms with E-state index in [0.717, 1.165) is 25.1 Å². The molecule has 2 N–H and O–H groups in total. The van der Waals surface area contributed by atoms with E-state index < -0.39 is 0 Å². The first kappa shape index (κ1) is 13.2. The third-order valence-electron chi connectivity index (χ3n) is 3.17. The predicted molar refractivity (Wildman–Crippen MR) is 72.3 cm³/mol. The van der Waals surface area contributed by atoms with Crippen molar-refractivity contribution in [1.82, 2.24) is 5.32 Å². The second-order valence-corrected chi connectivity index (χ2v) is 4.89. The molecule has 0 aromatic heterocycles. The van der Waals surface area contributed by atoms with Crippen LogP contribution in [0.4, 0.5) is 5.69 Å². The lowest BCUT2D eigenvalue weighted by molar-refractivity contribution is -0.119. The fourth-order valence-electron chi connectivity index (χ4n) is 2.03. The van der Waals surface area contributed by atoms with Crippen LogP contribution in [0, 0.1) is 12.8 Å². The van der Waals surface area contributed by atoms with Gasteiger partial charge in [0, 0.05) is 11.6 Å². The highest BCUT2D eigenvalue weighted by Crippen LogP contribution is 2.31. The second-order valence-electron chi connectivity index (χ2n) is 4.48. The first-order valence-corrected chi connectivity index (χ1v) is 6.35. The van der Waals surface area contributed by atoms with Gasteiger partial charge in [0.25, 0.3) is 0 Å². The Kier molecular flexibility index (Phi) is 4.09. The third-order valence-corrected chi connectivity index (χ3v) is 3.58. The Morgan fingerprint density at radius 1 is 1.56 bits per heavy atom. The Morgan fingerprint density at radius 3 is 2.94 bits per heavy atom. The van der Waals surface area contributed by atoms with E-state index in [1.54, 1.807) is 13.2 Å². The van der Waals surface area contributed by atoms with Crippen LogP contribution < -0.4 is 15.4 Å². The zero-order valence-electron chi connectivity index (χ0n) is 10.5. The van der Waals surface area contributed by atoms with Crippen LogP contribution >= 0.6 is 11.6 Å². The number of carbonyl (C=O) groups is 1. The van der Waals surface area contributed by atoms with E-state index in [4.69, 9.17) is 16.3 Å². The van der Waals surface area contributed by atoms with Crippen molar-refractivity contribution >= 4 is 23.2 Å². The van der Waals surface area contributed by atoms with E-state index >= 15 is 0 Å². The number of methoxy groups -OCH3 is 1. The molecule has 1 fully saturated rings. The summed E-state index contributed by atoms with van der Waals surface area (Å²) in [6, 6.07) is 3.56. The molecule has 1 saturated heterocycles. The monoisotopic (exact) mass is 268 g/mol. The third kappa shape index (κ3) is 2.76. The van der Waals surface area contributed by atoms with E-state index in [1.165, 1.54) is 0 Å². The molecule has 0 spiro atoms. The molecule has 1 aliphatic heterocycles. The fraction of sp³-hybridized carbons (Fsp3) is 0.462. The molecule has 1 heterocycles. The van der Waals surface area contributed by atoms with Gasteiger partial charge in [-0.2, -0.15) is 0 Å². The topological polar surface area (TPSA) is 50.4 Å². The van der Waals surface area contributed by atoms with Gasteiger partial charge >= 0.3 is 0 Å². The van der Waals surface area contributed by atoms with Crippen LogP contribution in [0.25, 0.3) is 0 Å². The lowest BCUT2D eigenvalue weighted by Crippen LogP contribution is -2.24. The Hall–Kier alpha value is -1.26. The molecular formula is C13H17ClN2O2. The average molecular weight is 269 g/mol. The number of halogens is 1. The molecular weight excluding hydrogens is 252 g/mol. The number of benzene rings is 1. The van der Waals surface area contributed by atoms with Gasteiger partial charge in [0.05, 0.1) is 18.7 Å². The highest BCUT2D eigenvalue weighted by molar-refractivity contribution is 6.31. The van der Waals surface area contributed by atoms with Gasteiger partial charge < -0.3 is 15.4 Å². The van der Waals surface area contributed by atoms with Gasteiger partial charge in [-0.15, -0.1) is 0 Å². The zero-order valence-corrected chi connectivity index (χ0v) is 11.3. The van der Waals surface area contributed by atoms with Crippen molar-refractivity contribution in [3.8, 4) is 5.75 Å². The van der Waals surface area contributed by atoms with Crippen molar-refractivity contribution in [1.29, 1.82) is 0 Å². The van der Waals surface area contributed by atoms with E-state index in [1.807, 2.05) is 13.0 Å². The maximum atomic E-state index is 12.0. The van der Waals surface area contributed by atoms with Crippen molar-refractivity contribution < 1.29 is 9.53 Å². The molecule has 0 aliphatic carbocycles. The van der Waals surface area contributed by atoms with E-state index in [2.05, 4.69) is 10.6 Å². The maximum absolute atomic E-state index is 12.0. The number of nitrogens with one attached hydrogen (secondary N) is 2. The Labute approximate surface area is 112 Å². The number of hydrogen-bond donors (Lipinski definition) is 2. The molecule has 1 aromatic carbocycles. The molecule has 1 atom stereocenters. The van der Waals surface area contributed by atoms with E-state index in [-0.39, 0.29) is 11.8 Å². The van der Waals surface area contributed by atoms with Crippen LogP contribution in [-0.2, 0) is 4.79 Å². The maximum Gasteiger partial charge on any atom is 0.228 e. The van der Waals surface area contributed by atoms with Gasteiger partial charge in [0.15, 0.2) is 0 Å². The van der Waals surface area contributed by atoms with Crippen molar-refractivity contribution in [2.75, 3.05) is 25.5 Å². The summed E-state index contributed by atoms with van der Waals surface area (Å²) in [5, 5.41) is 6.67. The van der Waals surface area contributed by atoms with Gasteiger partial charge in [0.1, 0.15) is 5.75 Å². The molecule has 5 heteroatoms. The van der Waals surface area contributed by atoms with Crippen LogP contribution in [0.15, 0.2) is 12.1 Å². The summed E-state index contributed by atoms with van der Waals surface area (Å²) < 4.78 is 5.26. The average Bonchev–Trinajstić information content (AvgIpc) is 2.87. The molecule has 4 nitrogen and oxygen atoms in total. The molecule has 1 aliphatic rings. The number of amides is 1. The predicted octanol–water partition coefficient (Wildman–Crippen LogP) is 2.21. The largest absolute Gasteiger partial charge is 0.495 e. The summed E-state index contributed by atoms with van der Waals surface area (Å²) in [5.41, 5.74) is 1.55. The van der Waals surface area contributed by atoms with Crippen molar-refractivity contribution in [2.24, 2.45) is 5.92 Å². The smallest absolute Gasteiger partial charge is 0.228 e. The number of anilines is 1. The minimum Gasteiger partial charge on any atom is -0.495 e. The summed E-state index contributed by atoms with van der Waals surface area (Å²) >= 11 is 6.07. The minimum atomic E-state index is 0.0122. The molecule has 2 rings (SSSR count). The van der Waals surface area contributed by atoms with Gasteiger partial charge in [0.2, 0.25) is 5.91 Å². The Morgan fingerprint density at radius 2 is 2.33 bits per heavy atom. The molecule has 0 saturated carbocycles. The first-order chi connectivity index (χ1) is 8.61. The quantitative estimate of drug-likeness (QED) is 0.884. The summed E-state index contributed by atoms with van der Waals surface area (Å²) in [6.07, 6.45) is 0.869. The number of ether oxygens (including phenoxy) is 1. The van der Waals surface area contributed by atoms with Crippen LogP contribution in [-0.4, -0.2) is 26.1 Å². The lowest BCUT2D eigenvalue weighted by Gasteiger charge is -2.14. The highest BCUT2D eigenvalue weighted by atomic mass is 35.5. The second kappa shape index (κ2) is 5.59. The number of hydrogen-bond acceptors (Lipinski definition) is 3. The number of rotatable bonds is 3. The molecule has 1 amide bonds. The van der Waals surface area contributed by atoms with Crippen molar-refractivity contribution in [2.45, 2.75) is 13.3 Å². The molecule has 1 unspecified atom stereocenters. The molecule has 18 heavy (non-hydrogen) atoms. The highest BCUT2D eigenvalue weighted by Gasteiger charge is 2.23. The summed E-state index contributed by atoms with van der Waals surface area (Å²) in [5.74, 6) is 0.671. The number of carbonyl (C=O) groups excluding carboxylic acids is 1. The van der Waals surface area contributed by atoms with Gasteiger partial charge in [-0.25, -0.2) is 0 Å². The number of aryl methyl sites for hydroxylation is 1. The summed E-state index contributed by atoms with van der Waals surface area (Å²) in [7, 11) is 1.58. The fourth-order valence-corrected chi connectivity index (χ4v) is 2.20. The Balaban J connectivity index is 2.17. The lowest BCUT2D eigenvalue weighted by atomic mass is 10.1. The molecule has 0 radical (unpaired) electrons.